The molecule has 146 valence electrons. The van der Waals surface area contributed by atoms with Gasteiger partial charge in [-0.15, -0.1) is 0 Å². The molecule has 3 aromatic rings. The summed E-state index contributed by atoms with van der Waals surface area (Å²) in [7, 11) is 2.13. The number of hydrogen-bond acceptors (Lipinski definition) is 3. The van der Waals surface area contributed by atoms with Crippen molar-refractivity contribution < 1.29 is 9.50 Å². The van der Waals surface area contributed by atoms with Gasteiger partial charge in [0.15, 0.2) is 0 Å². The molecule has 1 aliphatic heterocycles. The zero-order chi connectivity index (χ0) is 19.3. The highest BCUT2D eigenvalue weighted by atomic mass is 19.1. The monoisotopic (exact) mass is 379 g/mol. The topological polar surface area (TPSA) is 41.3 Å². The number of pyridine rings is 1. The van der Waals surface area contributed by atoms with Crippen LogP contribution in [0.3, 0.4) is 0 Å². The van der Waals surface area contributed by atoms with Gasteiger partial charge in [-0.3, -0.25) is 4.98 Å². The Balaban J connectivity index is 1.66. The fraction of sp³-hybridized carbons (Fsp3) is 0.435. The Kier molecular flexibility index (Phi) is 4.25. The molecule has 2 aromatic heterocycles. The molecule has 0 spiro atoms. The number of fused-ring (bicyclic) bond motifs is 4. The van der Waals surface area contributed by atoms with Crippen LogP contribution in [0.25, 0.3) is 10.9 Å². The summed E-state index contributed by atoms with van der Waals surface area (Å²) in [5, 5.41) is 12.8. The molecular formula is C23H26FN3O. The van der Waals surface area contributed by atoms with Gasteiger partial charge in [0, 0.05) is 48.5 Å². The molecule has 5 rings (SSSR count). The summed E-state index contributed by atoms with van der Waals surface area (Å²) in [6, 6.07) is 7.87. The number of benzene rings is 1. The molecule has 1 unspecified atom stereocenters. The van der Waals surface area contributed by atoms with Crippen LogP contribution in [-0.2, 0) is 38.2 Å². The van der Waals surface area contributed by atoms with Gasteiger partial charge in [-0.05, 0) is 66.8 Å². The minimum absolute atomic E-state index is 0.448. The van der Waals surface area contributed by atoms with Crippen molar-refractivity contribution >= 4 is 10.9 Å². The second-order valence-corrected chi connectivity index (χ2v) is 8.40. The van der Waals surface area contributed by atoms with Crippen molar-refractivity contribution in [3.05, 3.63) is 64.6 Å². The lowest BCUT2D eigenvalue weighted by atomic mass is 9.80. The second-order valence-electron chi connectivity index (χ2n) is 8.40. The molecule has 3 heterocycles. The predicted octanol–water partition coefficient (Wildman–Crippen LogP) is 3.72. The maximum absolute atomic E-state index is 13.3. The first kappa shape index (κ1) is 17.8. The van der Waals surface area contributed by atoms with E-state index in [1.165, 1.54) is 11.3 Å². The largest absolute Gasteiger partial charge is 0.383 e. The van der Waals surface area contributed by atoms with E-state index in [2.05, 4.69) is 21.5 Å². The highest BCUT2D eigenvalue weighted by Gasteiger charge is 2.36. The Morgan fingerprint density at radius 3 is 3.00 bits per heavy atom. The summed E-state index contributed by atoms with van der Waals surface area (Å²) in [5.41, 5.74) is 5.67. The molecule has 0 saturated carbocycles. The van der Waals surface area contributed by atoms with Gasteiger partial charge in [0.1, 0.15) is 12.3 Å². The lowest BCUT2D eigenvalue weighted by Crippen LogP contribution is -2.36. The van der Waals surface area contributed by atoms with Gasteiger partial charge < -0.3 is 14.6 Å². The van der Waals surface area contributed by atoms with E-state index in [1.807, 2.05) is 30.5 Å². The summed E-state index contributed by atoms with van der Waals surface area (Å²) < 4.78 is 15.6. The van der Waals surface area contributed by atoms with E-state index < -0.39 is 12.3 Å². The molecule has 5 heteroatoms. The minimum Gasteiger partial charge on any atom is -0.383 e. The van der Waals surface area contributed by atoms with E-state index in [1.54, 1.807) is 6.20 Å². The van der Waals surface area contributed by atoms with Crippen LogP contribution in [0.2, 0.25) is 0 Å². The molecule has 2 aliphatic rings. The molecule has 0 radical (unpaired) electrons. The van der Waals surface area contributed by atoms with E-state index in [-0.39, 0.29) is 0 Å². The minimum atomic E-state index is -0.891. The molecule has 0 bridgehead atoms. The predicted molar refractivity (Wildman–Crippen MR) is 108 cm³/mol. The van der Waals surface area contributed by atoms with Gasteiger partial charge in [-0.25, -0.2) is 4.39 Å². The lowest BCUT2D eigenvalue weighted by molar-refractivity contribution is 0.00163. The molecular weight excluding hydrogens is 353 g/mol. The van der Waals surface area contributed by atoms with Crippen LogP contribution in [0.5, 0.6) is 0 Å². The second kappa shape index (κ2) is 6.68. The number of alkyl halides is 1. The summed E-state index contributed by atoms with van der Waals surface area (Å²) in [6.45, 7) is 1.95. The van der Waals surface area contributed by atoms with Gasteiger partial charge in [-0.2, -0.15) is 0 Å². The molecule has 0 fully saturated rings. The Bertz CT molecular complexity index is 1040. The number of halogens is 1. The Morgan fingerprint density at radius 1 is 1.25 bits per heavy atom. The first-order valence-electron chi connectivity index (χ1n) is 10.1. The maximum atomic E-state index is 13.3. The van der Waals surface area contributed by atoms with Crippen LogP contribution in [-0.4, -0.2) is 33.1 Å². The van der Waals surface area contributed by atoms with Gasteiger partial charge in [0.25, 0.3) is 0 Å². The van der Waals surface area contributed by atoms with Crippen LogP contribution >= 0.6 is 0 Å². The standard InChI is InChI=1S/C23H26FN3O/c1-26-10-7-22-19(14-26)18-11-16(12-24)4-5-21(18)27(22)15-23(28)8-2-3-17-13-25-9-6-20(17)23/h4-6,9,11,13,28H,2-3,7-8,10,12,14-15H2,1H3. The smallest absolute Gasteiger partial charge is 0.115 e. The lowest BCUT2D eigenvalue weighted by Gasteiger charge is -2.36. The Morgan fingerprint density at radius 2 is 2.14 bits per heavy atom. The van der Waals surface area contributed by atoms with Crippen molar-refractivity contribution in [2.75, 3.05) is 13.6 Å². The first-order chi connectivity index (χ1) is 13.6. The van der Waals surface area contributed by atoms with E-state index in [4.69, 9.17) is 0 Å². The van der Waals surface area contributed by atoms with Gasteiger partial charge in [0.05, 0.1) is 6.54 Å². The van der Waals surface area contributed by atoms with Crippen molar-refractivity contribution in [2.24, 2.45) is 0 Å². The number of aliphatic hydroxyl groups is 1. The van der Waals surface area contributed by atoms with Crippen molar-refractivity contribution in [1.82, 2.24) is 14.5 Å². The molecule has 1 N–H and O–H groups in total. The van der Waals surface area contributed by atoms with Crippen LogP contribution in [0.1, 0.15) is 40.8 Å². The van der Waals surface area contributed by atoms with E-state index in [0.717, 1.165) is 60.8 Å². The van der Waals surface area contributed by atoms with Crippen molar-refractivity contribution in [1.29, 1.82) is 0 Å². The summed E-state index contributed by atoms with van der Waals surface area (Å²) in [4.78, 5) is 6.56. The van der Waals surface area contributed by atoms with Crippen LogP contribution in [0.4, 0.5) is 4.39 Å². The van der Waals surface area contributed by atoms with E-state index in [0.29, 0.717) is 12.1 Å². The number of aromatic nitrogens is 2. The maximum Gasteiger partial charge on any atom is 0.115 e. The first-order valence-corrected chi connectivity index (χ1v) is 10.1. The third kappa shape index (κ3) is 2.76. The fourth-order valence-corrected chi connectivity index (χ4v) is 5.11. The zero-order valence-electron chi connectivity index (χ0n) is 16.3. The van der Waals surface area contributed by atoms with E-state index in [9.17, 15) is 9.50 Å². The zero-order valence-corrected chi connectivity index (χ0v) is 16.3. The third-order valence-corrected chi connectivity index (χ3v) is 6.52. The molecule has 1 atom stereocenters. The number of hydrogen-bond donors (Lipinski definition) is 1. The highest BCUT2D eigenvalue weighted by Crippen LogP contribution is 2.39. The van der Waals surface area contributed by atoms with Crippen LogP contribution in [0.15, 0.2) is 36.7 Å². The number of nitrogens with zero attached hydrogens (tertiary/aromatic N) is 3. The molecule has 28 heavy (non-hydrogen) atoms. The molecule has 1 aromatic carbocycles. The van der Waals surface area contributed by atoms with Crippen LogP contribution < -0.4 is 0 Å². The number of likely N-dealkylation sites (N-methyl/N-ethyl adjacent to an activating group) is 1. The van der Waals surface area contributed by atoms with Gasteiger partial charge in [0.2, 0.25) is 0 Å². The van der Waals surface area contributed by atoms with Crippen molar-refractivity contribution in [2.45, 2.75) is 51.0 Å². The fourth-order valence-electron chi connectivity index (χ4n) is 5.11. The SMILES string of the molecule is CN1CCc2c(c3cc(CF)ccc3n2CC2(O)CCCc3cnccc32)C1. The summed E-state index contributed by atoms with van der Waals surface area (Å²) in [5.74, 6) is 0. The summed E-state index contributed by atoms with van der Waals surface area (Å²) in [6.07, 6.45) is 7.31. The number of aryl methyl sites for hydroxylation is 1. The average Bonchev–Trinajstić information content (AvgIpc) is 3.00. The quantitative estimate of drug-likeness (QED) is 0.754. The van der Waals surface area contributed by atoms with Gasteiger partial charge >= 0.3 is 0 Å². The highest BCUT2D eigenvalue weighted by molar-refractivity contribution is 5.86. The van der Waals surface area contributed by atoms with E-state index >= 15 is 0 Å². The average molecular weight is 379 g/mol. The molecule has 4 nitrogen and oxygen atoms in total. The van der Waals surface area contributed by atoms with Gasteiger partial charge in [-0.1, -0.05) is 6.07 Å². The molecule has 0 amide bonds. The number of rotatable bonds is 3. The Hall–Kier alpha value is -2.24. The van der Waals surface area contributed by atoms with Crippen molar-refractivity contribution in [3.8, 4) is 0 Å². The molecule has 1 aliphatic carbocycles. The van der Waals surface area contributed by atoms with Crippen LogP contribution in [0, 0.1) is 0 Å². The molecule has 0 saturated heterocycles. The summed E-state index contributed by atoms with van der Waals surface area (Å²) >= 11 is 0. The van der Waals surface area contributed by atoms with Crippen molar-refractivity contribution in [3.63, 3.8) is 0 Å². The Labute approximate surface area is 164 Å². The normalized spacial score (nSPS) is 22.2. The third-order valence-electron chi connectivity index (χ3n) is 6.52.